The molecule has 26 heavy (non-hydrogen) atoms. The molecule has 1 saturated heterocycles. The lowest BCUT2D eigenvalue weighted by Gasteiger charge is -2.28. The van der Waals surface area contributed by atoms with Gasteiger partial charge >= 0.3 is 6.18 Å². The van der Waals surface area contributed by atoms with Crippen molar-refractivity contribution in [2.75, 3.05) is 19.6 Å². The third-order valence-corrected chi connectivity index (χ3v) is 4.44. The molecule has 5 nitrogen and oxygen atoms in total. The number of carbonyl (C=O) groups is 1. The van der Waals surface area contributed by atoms with Crippen LogP contribution in [0.2, 0.25) is 0 Å². The van der Waals surface area contributed by atoms with Crippen LogP contribution in [0.25, 0.3) is 5.69 Å². The van der Waals surface area contributed by atoms with Gasteiger partial charge in [0.25, 0.3) is 5.91 Å². The Bertz CT molecular complexity index is 766. The molecule has 0 spiro atoms. The Kier molecular flexibility index (Phi) is 5.31. The molecule has 1 aromatic heterocycles. The number of nitrogens with zero attached hydrogens (tertiary/aromatic N) is 3. The molecule has 3 rings (SSSR count). The zero-order valence-corrected chi connectivity index (χ0v) is 14.5. The Balaban J connectivity index is 1.86. The van der Waals surface area contributed by atoms with Crippen molar-refractivity contribution >= 4 is 5.91 Å². The van der Waals surface area contributed by atoms with Crippen LogP contribution in [0.1, 0.15) is 35.8 Å². The first-order valence-corrected chi connectivity index (χ1v) is 8.65. The average Bonchev–Trinajstić information content (AvgIpc) is 3.30. The van der Waals surface area contributed by atoms with Crippen molar-refractivity contribution < 1.29 is 18.0 Å². The maximum Gasteiger partial charge on any atom is 0.435 e. The van der Waals surface area contributed by atoms with Gasteiger partial charge in [-0.05, 0) is 43.7 Å². The van der Waals surface area contributed by atoms with Crippen LogP contribution in [0, 0.1) is 0 Å². The molecular formula is C18H21F3N4O. The Hall–Kier alpha value is -2.35. The van der Waals surface area contributed by atoms with Gasteiger partial charge in [0.05, 0.1) is 5.69 Å². The number of nitrogens with one attached hydrogen (secondary N) is 1. The molecule has 0 aliphatic carbocycles. The van der Waals surface area contributed by atoms with Gasteiger partial charge in [0.1, 0.15) is 0 Å². The smallest absolute Gasteiger partial charge is 0.334 e. The van der Waals surface area contributed by atoms with Crippen molar-refractivity contribution in [2.45, 2.75) is 32.0 Å². The summed E-state index contributed by atoms with van der Waals surface area (Å²) >= 11 is 0. The molecule has 140 valence electrons. The monoisotopic (exact) mass is 366 g/mol. The van der Waals surface area contributed by atoms with E-state index in [-0.39, 0.29) is 11.9 Å². The maximum absolute atomic E-state index is 13.0. The van der Waals surface area contributed by atoms with Gasteiger partial charge in [0.15, 0.2) is 5.69 Å². The van der Waals surface area contributed by atoms with Crippen LogP contribution in [0.4, 0.5) is 13.2 Å². The molecule has 2 aromatic rings. The summed E-state index contributed by atoms with van der Waals surface area (Å²) in [6, 6.07) is 7.63. The second-order valence-corrected chi connectivity index (χ2v) is 6.34. The van der Waals surface area contributed by atoms with Gasteiger partial charge in [-0.25, -0.2) is 4.68 Å². The molecule has 1 N–H and O–H groups in total. The Morgan fingerprint density at radius 3 is 2.81 bits per heavy atom. The van der Waals surface area contributed by atoms with E-state index in [0.717, 1.165) is 36.7 Å². The Morgan fingerprint density at radius 2 is 2.19 bits per heavy atom. The third kappa shape index (κ3) is 3.90. The molecule has 1 fully saturated rings. The van der Waals surface area contributed by atoms with Gasteiger partial charge < -0.3 is 10.2 Å². The van der Waals surface area contributed by atoms with E-state index in [0.29, 0.717) is 17.8 Å². The topological polar surface area (TPSA) is 50.2 Å². The lowest BCUT2D eigenvalue weighted by atomic mass is 10.1. The number of hydrogen-bond acceptors (Lipinski definition) is 3. The van der Waals surface area contributed by atoms with Gasteiger partial charge in [-0.3, -0.25) is 4.79 Å². The quantitative estimate of drug-likeness (QED) is 0.885. The number of halogens is 3. The van der Waals surface area contributed by atoms with Gasteiger partial charge in [-0.1, -0.05) is 13.0 Å². The number of rotatable bonds is 5. The lowest BCUT2D eigenvalue weighted by molar-refractivity contribution is -0.141. The number of amides is 1. The van der Waals surface area contributed by atoms with Crippen molar-refractivity contribution in [3.8, 4) is 5.69 Å². The summed E-state index contributed by atoms with van der Waals surface area (Å²) in [7, 11) is 0. The van der Waals surface area contributed by atoms with Crippen molar-refractivity contribution in [3.63, 3.8) is 0 Å². The van der Waals surface area contributed by atoms with E-state index in [1.54, 1.807) is 24.3 Å². The molecule has 8 heteroatoms. The standard InChI is InChI=1S/C18H21F3N4O/c1-2-9-24(15-6-8-22-12-15)17(26)13-4-3-5-14(11-13)25-10-7-16(23-25)18(19,20)21/h3-5,7,10-11,15,22H,2,6,8-9,12H2,1H3. The number of benzene rings is 1. The first-order chi connectivity index (χ1) is 12.4. The SMILES string of the molecule is CCCN(C(=O)c1cccc(-n2ccc(C(F)(F)F)n2)c1)C1CCNC1. The molecule has 1 atom stereocenters. The minimum atomic E-state index is -4.49. The van der Waals surface area contributed by atoms with Crippen LogP contribution < -0.4 is 5.32 Å². The molecule has 0 radical (unpaired) electrons. The van der Waals surface area contributed by atoms with E-state index in [2.05, 4.69) is 10.4 Å². The highest BCUT2D eigenvalue weighted by Crippen LogP contribution is 2.28. The predicted octanol–water partition coefficient (Wildman–Crippen LogP) is 3.11. The van der Waals surface area contributed by atoms with Gasteiger partial charge in [0.2, 0.25) is 0 Å². The van der Waals surface area contributed by atoms with Crippen LogP contribution >= 0.6 is 0 Å². The highest BCUT2D eigenvalue weighted by molar-refractivity contribution is 5.95. The number of hydrogen-bond donors (Lipinski definition) is 1. The van der Waals surface area contributed by atoms with E-state index in [1.807, 2.05) is 11.8 Å². The van der Waals surface area contributed by atoms with Crippen LogP contribution in [0.5, 0.6) is 0 Å². The summed E-state index contributed by atoms with van der Waals surface area (Å²) in [5.74, 6) is -0.106. The van der Waals surface area contributed by atoms with E-state index in [1.165, 1.54) is 6.20 Å². The Morgan fingerprint density at radius 1 is 1.38 bits per heavy atom. The summed E-state index contributed by atoms with van der Waals surface area (Å²) in [6.07, 6.45) is -1.50. The molecule has 1 aliphatic heterocycles. The fourth-order valence-corrected chi connectivity index (χ4v) is 3.16. The number of aromatic nitrogens is 2. The van der Waals surface area contributed by atoms with E-state index in [4.69, 9.17) is 0 Å². The zero-order valence-electron chi connectivity index (χ0n) is 14.5. The first-order valence-electron chi connectivity index (χ1n) is 8.65. The fourth-order valence-electron chi connectivity index (χ4n) is 3.16. The second kappa shape index (κ2) is 7.49. The van der Waals surface area contributed by atoms with Gasteiger partial charge in [0, 0.05) is 30.9 Å². The Labute approximate surface area is 149 Å². The summed E-state index contributed by atoms with van der Waals surface area (Å²) in [6.45, 7) is 4.31. The van der Waals surface area contributed by atoms with Gasteiger partial charge in [-0.2, -0.15) is 18.3 Å². The van der Waals surface area contributed by atoms with Crippen molar-refractivity contribution in [1.82, 2.24) is 20.0 Å². The average molecular weight is 366 g/mol. The summed E-state index contributed by atoms with van der Waals surface area (Å²) in [5, 5.41) is 6.82. The summed E-state index contributed by atoms with van der Waals surface area (Å²) < 4.78 is 39.4. The minimum absolute atomic E-state index is 0.106. The highest BCUT2D eigenvalue weighted by Gasteiger charge is 2.33. The molecule has 0 saturated carbocycles. The lowest BCUT2D eigenvalue weighted by Crippen LogP contribution is -2.42. The first kappa shape index (κ1) is 18.4. The molecule has 1 aliphatic rings. The molecule has 1 aromatic carbocycles. The molecule has 1 unspecified atom stereocenters. The largest absolute Gasteiger partial charge is 0.435 e. The maximum atomic E-state index is 13.0. The van der Waals surface area contributed by atoms with Gasteiger partial charge in [-0.15, -0.1) is 0 Å². The highest BCUT2D eigenvalue weighted by atomic mass is 19.4. The summed E-state index contributed by atoms with van der Waals surface area (Å²) in [5.41, 5.74) is -0.0851. The van der Waals surface area contributed by atoms with Crippen LogP contribution in [0.15, 0.2) is 36.5 Å². The zero-order chi connectivity index (χ0) is 18.7. The van der Waals surface area contributed by atoms with Crippen LogP contribution in [-0.4, -0.2) is 46.3 Å². The van der Waals surface area contributed by atoms with Crippen molar-refractivity contribution in [2.24, 2.45) is 0 Å². The van der Waals surface area contributed by atoms with E-state index in [9.17, 15) is 18.0 Å². The summed E-state index contributed by atoms with van der Waals surface area (Å²) in [4.78, 5) is 14.8. The van der Waals surface area contributed by atoms with E-state index < -0.39 is 11.9 Å². The number of alkyl halides is 3. The van der Waals surface area contributed by atoms with Crippen LogP contribution in [-0.2, 0) is 6.18 Å². The molecule has 2 heterocycles. The van der Waals surface area contributed by atoms with Crippen molar-refractivity contribution in [3.05, 3.63) is 47.8 Å². The van der Waals surface area contributed by atoms with Crippen LogP contribution in [0.3, 0.4) is 0 Å². The normalized spacial score (nSPS) is 17.5. The minimum Gasteiger partial charge on any atom is -0.334 e. The molecule has 1 amide bonds. The third-order valence-electron chi connectivity index (χ3n) is 4.44. The van der Waals surface area contributed by atoms with Crippen molar-refractivity contribution in [1.29, 1.82) is 0 Å². The number of carbonyl (C=O) groups excluding carboxylic acids is 1. The molecular weight excluding hydrogens is 345 g/mol. The van der Waals surface area contributed by atoms with E-state index >= 15 is 0 Å². The predicted molar refractivity (Wildman–Crippen MR) is 91.2 cm³/mol. The second-order valence-electron chi connectivity index (χ2n) is 6.34. The fraction of sp³-hybridized carbons (Fsp3) is 0.444. The molecule has 0 bridgehead atoms.